The molecule has 0 bridgehead atoms. The summed E-state index contributed by atoms with van der Waals surface area (Å²) in [5.41, 5.74) is 0.219. The first-order chi connectivity index (χ1) is 8.77. The molecule has 0 amide bonds. The van der Waals surface area contributed by atoms with Gasteiger partial charge in [-0.15, -0.1) is 0 Å². The van der Waals surface area contributed by atoms with Crippen LogP contribution in [0.15, 0.2) is 11.0 Å². The molecule has 1 aliphatic rings. The summed E-state index contributed by atoms with van der Waals surface area (Å²) in [6, 6.07) is 1.18. The summed E-state index contributed by atoms with van der Waals surface area (Å²) in [6.45, 7) is 0. The Morgan fingerprint density at radius 1 is 1.53 bits per heavy atom. The minimum absolute atomic E-state index is 0.00962. The van der Waals surface area contributed by atoms with E-state index in [1.54, 1.807) is 0 Å². The van der Waals surface area contributed by atoms with Crippen LogP contribution in [0.2, 0.25) is 10.0 Å². The maximum Gasteiger partial charge on any atom is 0.345 e. The van der Waals surface area contributed by atoms with Crippen molar-refractivity contribution in [1.29, 1.82) is 0 Å². The molecule has 19 heavy (non-hydrogen) atoms. The predicted octanol–water partition coefficient (Wildman–Crippen LogP) is 1.29. The second-order valence-corrected chi connectivity index (χ2v) is 6.47. The largest absolute Gasteiger partial charge is 0.478 e. The molecule has 2 N–H and O–H groups in total. The van der Waals surface area contributed by atoms with Gasteiger partial charge < -0.3 is 9.84 Å². The Bertz CT molecular complexity index is 658. The summed E-state index contributed by atoms with van der Waals surface area (Å²) in [4.78, 5) is 10.8. The van der Waals surface area contributed by atoms with Gasteiger partial charge in [-0.25, -0.2) is 17.9 Å². The molecule has 1 heterocycles. The van der Waals surface area contributed by atoms with E-state index in [0.717, 1.165) is 0 Å². The van der Waals surface area contributed by atoms with E-state index in [9.17, 15) is 13.2 Å². The zero-order chi connectivity index (χ0) is 14.4. The van der Waals surface area contributed by atoms with Crippen molar-refractivity contribution in [1.82, 2.24) is 4.72 Å². The molecule has 0 fully saturated rings. The van der Waals surface area contributed by atoms with E-state index in [-0.39, 0.29) is 32.7 Å². The standard InChI is InChI=1S/C10H9Cl2NO5S/c1-13-19(16,17)7-3-5(11)8(12)9-4(7)2-6(18-9)10(14)15/h3,6,13H,2H2,1H3,(H,14,15). The highest BCUT2D eigenvalue weighted by Crippen LogP contribution is 2.43. The maximum atomic E-state index is 11.9. The van der Waals surface area contributed by atoms with Crippen molar-refractivity contribution >= 4 is 39.2 Å². The Labute approximate surface area is 119 Å². The molecule has 1 aromatic rings. The SMILES string of the molecule is CNS(=O)(=O)c1cc(Cl)c(Cl)c2c1CC(C(=O)O)O2. The first-order valence-corrected chi connectivity index (χ1v) is 7.35. The molecule has 1 unspecified atom stereocenters. The molecule has 1 atom stereocenters. The number of aliphatic carboxylic acids is 1. The lowest BCUT2D eigenvalue weighted by molar-refractivity contribution is -0.144. The molecule has 104 valence electrons. The molecule has 0 aliphatic carbocycles. The molecule has 1 aliphatic heterocycles. The van der Waals surface area contributed by atoms with Crippen molar-refractivity contribution < 1.29 is 23.1 Å². The van der Waals surface area contributed by atoms with E-state index in [0.29, 0.717) is 0 Å². The van der Waals surface area contributed by atoms with Gasteiger partial charge in [0.2, 0.25) is 10.0 Å². The number of nitrogens with one attached hydrogen (secondary N) is 1. The average Bonchev–Trinajstić information content (AvgIpc) is 2.78. The van der Waals surface area contributed by atoms with Gasteiger partial charge in [-0.2, -0.15) is 0 Å². The average molecular weight is 326 g/mol. The third-order valence-electron chi connectivity index (χ3n) is 2.72. The van der Waals surface area contributed by atoms with E-state index >= 15 is 0 Å². The van der Waals surface area contributed by atoms with Crippen LogP contribution in [0, 0.1) is 0 Å². The number of ether oxygens (including phenoxy) is 1. The van der Waals surface area contributed by atoms with Gasteiger partial charge in [-0.05, 0) is 13.1 Å². The number of hydrogen-bond acceptors (Lipinski definition) is 4. The second-order valence-electron chi connectivity index (χ2n) is 3.83. The minimum Gasteiger partial charge on any atom is -0.478 e. The number of carboxylic acids is 1. The lowest BCUT2D eigenvalue weighted by Gasteiger charge is -2.10. The number of carbonyl (C=O) groups is 1. The quantitative estimate of drug-likeness (QED) is 0.873. The summed E-state index contributed by atoms with van der Waals surface area (Å²) in [6.07, 6.45) is -1.26. The fourth-order valence-electron chi connectivity index (χ4n) is 1.79. The van der Waals surface area contributed by atoms with Crippen LogP contribution in [0.25, 0.3) is 0 Å². The fraction of sp³-hybridized carbons (Fsp3) is 0.300. The second kappa shape index (κ2) is 4.82. The number of benzene rings is 1. The number of sulfonamides is 1. The molecular formula is C10H9Cl2NO5S. The van der Waals surface area contributed by atoms with E-state index in [2.05, 4.69) is 4.72 Å². The molecular weight excluding hydrogens is 317 g/mol. The topological polar surface area (TPSA) is 92.7 Å². The predicted molar refractivity (Wildman–Crippen MR) is 68.5 cm³/mol. The zero-order valence-electron chi connectivity index (χ0n) is 9.61. The number of fused-ring (bicyclic) bond motifs is 1. The van der Waals surface area contributed by atoms with Gasteiger partial charge in [0.15, 0.2) is 6.10 Å². The molecule has 0 spiro atoms. The van der Waals surface area contributed by atoms with Gasteiger partial charge in [-0.1, -0.05) is 23.2 Å². The molecule has 9 heteroatoms. The first kappa shape index (κ1) is 14.4. The molecule has 0 saturated carbocycles. The molecule has 0 saturated heterocycles. The molecule has 0 aromatic heterocycles. The van der Waals surface area contributed by atoms with E-state index < -0.39 is 22.1 Å². The van der Waals surface area contributed by atoms with Gasteiger partial charge in [0.1, 0.15) is 10.8 Å². The van der Waals surface area contributed by atoms with E-state index in [1.165, 1.54) is 13.1 Å². The number of hydrogen-bond donors (Lipinski definition) is 2. The van der Waals surface area contributed by atoms with Crippen molar-refractivity contribution in [2.75, 3.05) is 7.05 Å². The highest BCUT2D eigenvalue weighted by molar-refractivity contribution is 7.89. The molecule has 0 radical (unpaired) electrons. The van der Waals surface area contributed by atoms with Gasteiger partial charge in [0.05, 0.1) is 9.92 Å². The Balaban J connectivity index is 2.66. The summed E-state index contributed by atoms with van der Waals surface area (Å²) < 4.78 is 31.1. The van der Waals surface area contributed by atoms with Gasteiger partial charge in [0.25, 0.3) is 0 Å². The Morgan fingerprint density at radius 2 is 2.16 bits per heavy atom. The molecule has 2 rings (SSSR count). The summed E-state index contributed by atoms with van der Waals surface area (Å²) in [5.74, 6) is -1.19. The third-order valence-corrected chi connectivity index (χ3v) is 4.97. The normalized spacial score (nSPS) is 17.9. The molecule has 6 nitrogen and oxygen atoms in total. The zero-order valence-corrected chi connectivity index (χ0v) is 11.9. The lowest BCUT2D eigenvalue weighted by Crippen LogP contribution is -2.25. The van der Waals surface area contributed by atoms with Gasteiger partial charge in [0, 0.05) is 12.0 Å². The molecule has 1 aromatic carbocycles. The summed E-state index contributed by atoms with van der Waals surface area (Å²) >= 11 is 11.7. The van der Waals surface area contributed by atoms with Gasteiger partial charge in [-0.3, -0.25) is 0 Å². The van der Waals surface area contributed by atoms with Gasteiger partial charge >= 0.3 is 5.97 Å². The van der Waals surface area contributed by atoms with Crippen LogP contribution in [0.4, 0.5) is 0 Å². The fourth-order valence-corrected chi connectivity index (χ4v) is 3.26. The minimum atomic E-state index is -3.78. The van der Waals surface area contributed by atoms with Crippen LogP contribution in [0.1, 0.15) is 5.56 Å². The van der Waals surface area contributed by atoms with Crippen LogP contribution in [0.3, 0.4) is 0 Å². The Hall–Kier alpha value is -1.02. The maximum absolute atomic E-state index is 11.9. The van der Waals surface area contributed by atoms with Crippen LogP contribution < -0.4 is 9.46 Å². The van der Waals surface area contributed by atoms with Crippen LogP contribution in [0.5, 0.6) is 5.75 Å². The smallest absolute Gasteiger partial charge is 0.345 e. The Morgan fingerprint density at radius 3 is 2.68 bits per heavy atom. The highest BCUT2D eigenvalue weighted by Gasteiger charge is 2.36. The van der Waals surface area contributed by atoms with Crippen molar-refractivity contribution in [2.24, 2.45) is 0 Å². The monoisotopic (exact) mass is 325 g/mol. The summed E-state index contributed by atoms with van der Waals surface area (Å²) in [5, 5.41) is 8.93. The third kappa shape index (κ3) is 2.38. The number of carboxylic acid groups (broad SMARTS) is 1. The van der Waals surface area contributed by atoms with Crippen molar-refractivity contribution in [3.63, 3.8) is 0 Å². The van der Waals surface area contributed by atoms with Crippen molar-refractivity contribution in [3.8, 4) is 5.75 Å². The number of rotatable bonds is 3. The van der Waals surface area contributed by atoms with E-state index in [1.807, 2.05) is 0 Å². The van der Waals surface area contributed by atoms with Crippen LogP contribution in [-0.2, 0) is 21.2 Å². The van der Waals surface area contributed by atoms with Crippen LogP contribution in [-0.4, -0.2) is 32.6 Å². The highest BCUT2D eigenvalue weighted by atomic mass is 35.5. The number of halogens is 2. The van der Waals surface area contributed by atoms with Crippen molar-refractivity contribution in [2.45, 2.75) is 17.4 Å². The lowest BCUT2D eigenvalue weighted by atomic mass is 10.1. The first-order valence-electron chi connectivity index (χ1n) is 5.11. The Kier molecular flexibility index (Phi) is 3.65. The van der Waals surface area contributed by atoms with E-state index in [4.69, 9.17) is 33.0 Å². The van der Waals surface area contributed by atoms with Crippen molar-refractivity contribution in [3.05, 3.63) is 21.7 Å². The summed E-state index contributed by atoms with van der Waals surface area (Å²) in [7, 11) is -2.53. The van der Waals surface area contributed by atoms with Crippen LogP contribution >= 0.6 is 23.2 Å².